The Morgan fingerprint density at radius 2 is 1.85 bits per heavy atom. The Kier molecular flexibility index (Phi) is 2.74. The Balaban J connectivity index is 3.16. The van der Waals surface area contributed by atoms with E-state index in [1.807, 2.05) is 19.1 Å². The zero-order chi connectivity index (χ0) is 10.1. The Labute approximate surface area is 79.8 Å². The second-order valence-corrected chi connectivity index (χ2v) is 4.03. The number of hydrogen-bond donors (Lipinski definition) is 0. The van der Waals surface area contributed by atoms with Crippen LogP contribution in [0.5, 0.6) is 0 Å². The van der Waals surface area contributed by atoms with Gasteiger partial charge in [0, 0.05) is 0 Å². The van der Waals surface area contributed by atoms with Crippen LogP contribution in [0.25, 0.3) is 0 Å². The van der Waals surface area contributed by atoms with Crippen LogP contribution in [0.4, 0.5) is 4.39 Å². The second kappa shape index (κ2) is 3.49. The first-order valence-corrected chi connectivity index (χ1v) is 4.73. The summed E-state index contributed by atoms with van der Waals surface area (Å²) in [5.74, 6) is 0. The van der Waals surface area contributed by atoms with E-state index < -0.39 is 5.67 Å². The third kappa shape index (κ3) is 2.55. The van der Waals surface area contributed by atoms with E-state index in [1.165, 1.54) is 5.56 Å². The van der Waals surface area contributed by atoms with Gasteiger partial charge >= 0.3 is 0 Å². The van der Waals surface area contributed by atoms with Crippen LogP contribution in [0.2, 0.25) is 0 Å². The van der Waals surface area contributed by atoms with Crippen molar-refractivity contribution in [1.82, 2.24) is 0 Å². The van der Waals surface area contributed by atoms with Crippen molar-refractivity contribution in [1.29, 1.82) is 0 Å². The highest BCUT2D eigenvalue weighted by molar-refractivity contribution is 5.32. The number of rotatable bonds is 2. The van der Waals surface area contributed by atoms with Gasteiger partial charge in [-0.05, 0) is 38.3 Å². The standard InChI is InChI=1S/C12H17F/c1-5-10-6-9(2)7-11(8-10)12(3,4)13/h6-8H,5H2,1-4H3. The fourth-order valence-corrected chi connectivity index (χ4v) is 1.41. The first-order chi connectivity index (χ1) is 5.93. The van der Waals surface area contributed by atoms with Crippen molar-refractivity contribution in [3.8, 4) is 0 Å². The third-order valence-corrected chi connectivity index (χ3v) is 2.23. The minimum atomic E-state index is -1.23. The lowest BCUT2D eigenvalue weighted by Crippen LogP contribution is -2.09. The Morgan fingerprint density at radius 1 is 1.23 bits per heavy atom. The number of halogens is 1. The monoisotopic (exact) mass is 180 g/mol. The average molecular weight is 180 g/mol. The molecule has 0 radical (unpaired) electrons. The molecule has 0 bridgehead atoms. The zero-order valence-electron chi connectivity index (χ0n) is 8.82. The maximum Gasteiger partial charge on any atom is 0.130 e. The van der Waals surface area contributed by atoms with Crippen LogP contribution in [-0.2, 0) is 12.1 Å². The summed E-state index contributed by atoms with van der Waals surface area (Å²) in [6, 6.07) is 5.97. The molecule has 0 aliphatic carbocycles. The number of aryl methyl sites for hydroxylation is 2. The first kappa shape index (κ1) is 10.2. The molecule has 0 aromatic heterocycles. The van der Waals surface area contributed by atoms with Gasteiger partial charge in [0.1, 0.15) is 5.67 Å². The van der Waals surface area contributed by atoms with Crippen molar-refractivity contribution in [3.63, 3.8) is 0 Å². The number of hydrogen-bond acceptors (Lipinski definition) is 0. The fraction of sp³-hybridized carbons (Fsp3) is 0.500. The van der Waals surface area contributed by atoms with Gasteiger partial charge in [0.05, 0.1) is 0 Å². The Morgan fingerprint density at radius 3 is 2.31 bits per heavy atom. The molecule has 0 spiro atoms. The third-order valence-electron chi connectivity index (χ3n) is 2.23. The predicted molar refractivity (Wildman–Crippen MR) is 54.7 cm³/mol. The van der Waals surface area contributed by atoms with Gasteiger partial charge in [0.15, 0.2) is 0 Å². The highest BCUT2D eigenvalue weighted by Crippen LogP contribution is 2.26. The molecule has 0 heterocycles. The normalized spacial score (nSPS) is 11.8. The van der Waals surface area contributed by atoms with Gasteiger partial charge in [-0.15, -0.1) is 0 Å². The second-order valence-electron chi connectivity index (χ2n) is 4.03. The van der Waals surface area contributed by atoms with E-state index in [9.17, 15) is 4.39 Å². The number of benzene rings is 1. The molecule has 72 valence electrons. The van der Waals surface area contributed by atoms with Gasteiger partial charge in [-0.1, -0.05) is 30.7 Å². The summed E-state index contributed by atoms with van der Waals surface area (Å²) in [6.45, 7) is 7.29. The van der Waals surface area contributed by atoms with Crippen molar-refractivity contribution in [2.24, 2.45) is 0 Å². The molecule has 13 heavy (non-hydrogen) atoms. The predicted octanol–water partition coefficient (Wildman–Crippen LogP) is 3.76. The van der Waals surface area contributed by atoms with Crippen LogP contribution >= 0.6 is 0 Å². The van der Waals surface area contributed by atoms with E-state index >= 15 is 0 Å². The van der Waals surface area contributed by atoms with Gasteiger partial charge in [-0.25, -0.2) is 4.39 Å². The average Bonchev–Trinajstić information content (AvgIpc) is 2.01. The van der Waals surface area contributed by atoms with E-state index in [0.29, 0.717) is 0 Å². The van der Waals surface area contributed by atoms with Crippen molar-refractivity contribution in [2.45, 2.75) is 39.8 Å². The molecular formula is C12H17F. The van der Waals surface area contributed by atoms with Crippen LogP contribution in [0.3, 0.4) is 0 Å². The summed E-state index contributed by atoms with van der Waals surface area (Å²) < 4.78 is 13.6. The van der Waals surface area contributed by atoms with Crippen LogP contribution in [0.1, 0.15) is 37.5 Å². The van der Waals surface area contributed by atoms with Crippen LogP contribution in [0, 0.1) is 6.92 Å². The summed E-state index contributed by atoms with van der Waals surface area (Å²) in [4.78, 5) is 0. The molecule has 0 N–H and O–H groups in total. The van der Waals surface area contributed by atoms with Crippen molar-refractivity contribution in [2.75, 3.05) is 0 Å². The Hall–Kier alpha value is -0.850. The van der Waals surface area contributed by atoms with Crippen molar-refractivity contribution in [3.05, 3.63) is 34.9 Å². The molecule has 0 atom stereocenters. The van der Waals surface area contributed by atoms with Crippen LogP contribution in [0.15, 0.2) is 18.2 Å². The van der Waals surface area contributed by atoms with Crippen LogP contribution < -0.4 is 0 Å². The van der Waals surface area contributed by atoms with Gasteiger partial charge in [-0.2, -0.15) is 0 Å². The largest absolute Gasteiger partial charge is 0.239 e. The molecule has 0 fully saturated rings. The van der Waals surface area contributed by atoms with E-state index in [2.05, 4.69) is 13.0 Å². The van der Waals surface area contributed by atoms with Gasteiger partial charge in [0.2, 0.25) is 0 Å². The molecule has 1 aromatic rings. The maximum absolute atomic E-state index is 13.6. The first-order valence-electron chi connectivity index (χ1n) is 4.73. The molecule has 0 amide bonds. The van der Waals surface area contributed by atoms with E-state index in [-0.39, 0.29) is 0 Å². The smallest absolute Gasteiger partial charge is 0.130 e. The zero-order valence-corrected chi connectivity index (χ0v) is 8.82. The van der Waals surface area contributed by atoms with Gasteiger partial charge in [0.25, 0.3) is 0 Å². The molecule has 1 heteroatoms. The highest BCUT2D eigenvalue weighted by atomic mass is 19.1. The van der Waals surface area contributed by atoms with Crippen molar-refractivity contribution < 1.29 is 4.39 Å². The molecule has 0 saturated carbocycles. The molecule has 0 saturated heterocycles. The fourth-order valence-electron chi connectivity index (χ4n) is 1.41. The lowest BCUT2D eigenvalue weighted by molar-refractivity contribution is 0.221. The lowest BCUT2D eigenvalue weighted by Gasteiger charge is -2.16. The summed E-state index contributed by atoms with van der Waals surface area (Å²) in [6.07, 6.45) is 0.963. The van der Waals surface area contributed by atoms with Gasteiger partial charge in [-0.3, -0.25) is 0 Å². The SMILES string of the molecule is CCc1cc(C)cc(C(C)(C)F)c1. The van der Waals surface area contributed by atoms with E-state index in [0.717, 1.165) is 17.5 Å². The van der Waals surface area contributed by atoms with E-state index in [1.54, 1.807) is 13.8 Å². The lowest BCUT2D eigenvalue weighted by atomic mass is 9.95. The summed E-state index contributed by atoms with van der Waals surface area (Å²) in [7, 11) is 0. The van der Waals surface area contributed by atoms with Crippen LogP contribution in [-0.4, -0.2) is 0 Å². The summed E-state index contributed by atoms with van der Waals surface area (Å²) >= 11 is 0. The molecular weight excluding hydrogens is 163 g/mol. The minimum Gasteiger partial charge on any atom is -0.239 e. The van der Waals surface area contributed by atoms with E-state index in [4.69, 9.17) is 0 Å². The molecule has 0 aliphatic rings. The van der Waals surface area contributed by atoms with Crippen molar-refractivity contribution >= 4 is 0 Å². The quantitative estimate of drug-likeness (QED) is 0.650. The molecule has 0 aliphatic heterocycles. The molecule has 0 nitrogen and oxygen atoms in total. The highest BCUT2D eigenvalue weighted by Gasteiger charge is 2.18. The molecule has 1 aromatic carbocycles. The summed E-state index contributed by atoms with van der Waals surface area (Å²) in [5, 5.41) is 0. The maximum atomic E-state index is 13.6. The van der Waals surface area contributed by atoms with Gasteiger partial charge < -0.3 is 0 Å². The number of alkyl halides is 1. The molecule has 1 rings (SSSR count). The topological polar surface area (TPSA) is 0 Å². The summed E-state index contributed by atoms with van der Waals surface area (Å²) in [5.41, 5.74) is 1.90. The Bertz CT molecular complexity index is 294. The minimum absolute atomic E-state index is 0.782. The molecule has 0 unspecified atom stereocenters.